The van der Waals surface area contributed by atoms with Gasteiger partial charge in [0.1, 0.15) is 11.6 Å². The molecule has 5 heteroatoms. The average molecular weight is 336 g/mol. The number of hydrogen-bond acceptors (Lipinski definition) is 4. The second-order valence-corrected chi connectivity index (χ2v) is 6.20. The molecule has 0 aliphatic carbocycles. The standard InChI is InChI=1S/C15H18BrN3O/c1-9-7-12(19-14(18-9)15(2,3)17)11-8-10(16)5-6-13(11)20-4/h5-8H,17H2,1-4H3. The van der Waals surface area contributed by atoms with Crippen LogP contribution in [-0.2, 0) is 5.54 Å². The molecule has 2 N–H and O–H groups in total. The maximum Gasteiger partial charge on any atom is 0.148 e. The average Bonchev–Trinajstić information content (AvgIpc) is 2.37. The number of aryl methyl sites for hydroxylation is 1. The smallest absolute Gasteiger partial charge is 0.148 e. The molecule has 106 valence electrons. The lowest BCUT2D eigenvalue weighted by atomic mass is 10.0. The minimum Gasteiger partial charge on any atom is -0.496 e. The van der Waals surface area contributed by atoms with Crippen molar-refractivity contribution in [1.29, 1.82) is 0 Å². The van der Waals surface area contributed by atoms with Crippen LogP contribution < -0.4 is 10.5 Å². The summed E-state index contributed by atoms with van der Waals surface area (Å²) in [4.78, 5) is 9.01. The Hall–Kier alpha value is -1.46. The molecule has 0 fully saturated rings. The number of nitrogens with two attached hydrogens (primary N) is 1. The van der Waals surface area contributed by atoms with Gasteiger partial charge in [0.15, 0.2) is 0 Å². The summed E-state index contributed by atoms with van der Waals surface area (Å²) in [7, 11) is 1.65. The molecule has 1 aromatic heterocycles. The molecule has 1 aromatic carbocycles. The number of nitrogens with zero attached hydrogens (tertiary/aromatic N) is 2. The normalized spacial score (nSPS) is 11.5. The third-order valence-corrected chi connectivity index (χ3v) is 3.36. The lowest BCUT2D eigenvalue weighted by Crippen LogP contribution is -2.31. The summed E-state index contributed by atoms with van der Waals surface area (Å²) >= 11 is 3.48. The van der Waals surface area contributed by atoms with Crippen molar-refractivity contribution in [2.24, 2.45) is 5.73 Å². The number of benzene rings is 1. The quantitative estimate of drug-likeness (QED) is 0.933. The highest BCUT2D eigenvalue weighted by atomic mass is 79.9. The zero-order chi connectivity index (χ0) is 14.9. The number of ether oxygens (including phenoxy) is 1. The van der Waals surface area contributed by atoms with Crippen LogP contribution in [0.5, 0.6) is 5.75 Å². The topological polar surface area (TPSA) is 61.0 Å². The summed E-state index contributed by atoms with van der Waals surface area (Å²) in [5.74, 6) is 1.39. The molecule has 2 aromatic rings. The van der Waals surface area contributed by atoms with Gasteiger partial charge in [-0.25, -0.2) is 9.97 Å². The summed E-state index contributed by atoms with van der Waals surface area (Å²) in [6, 6.07) is 7.75. The molecule has 1 heterocycles. The maximum atomic E-state index is 6.11. The Labute approximate surface area is 127 Å². The van der Waals surface area contributed by atoms with Crippen LogP contribution in [0.15, 0.2) is 28.7 Å². The number of aromatic nitrogens is 2. The largest absolute Gasteiger partial charge is 0.496 e. The molecule has 0 aliphatic rings. The molecule has 2 rings (SSSR count). The summed E-state index contributed by atoms with van der Waals surface area (Å²) in [6.07, 6.45) is 0. The minimum atomic E-state index is -0.583. The molecule has 0 amide bonds. The highest BCUT2D eigenvalue weighted by molar-refractivity contribution is 9.10. The molecule has 0 aliphatic heterocycles. The van der Waals surface area contributed by atoms with E-state index in [1.807, 2.05) is 45.0 Å². The number of methoxy groups -OCH3 is 1. The molecule has 0 atom stereocenters. The van der Waals surface area contributed by atoms with Gasteiger partial charge < -0.3 is 10.5 Å². The van der Waals surface area contributed by atoms with Gasteiger partial charge in [-0.2, -0.15) is 0 Å². The zero-order valence-corrected chi connectivity index (χ0v) is 13.7. The van der Waals surface area contributed by atoms with Crippen molar-refractivity contribution >= 4 is 15.9 Å². The van der Waals surface area contributed by atoms with Gasteiger partial charge in [0.2, 0.25) is 0 Å². The van der Waals surface area contributed by atoms with E-state index in [4.69, 9.17) is 10.5 Å². The predicted molar refractivity (Wildman–Crippen MR) is 83.7 cm³/mol. The van der Waals surface area contributed by atoms with Crippen LogP contribution in [0.25, 0.3) is 11.3 Å². The van der Waals surface area contributed by atoms with Gasteiger partial charge in [-0.05, 0) is 45.0 Å². The van der Waals surface area contributed by atoms with E-state index in [0.29, 0.717) is 5.82 Å². The van der Waals surface area contributed by atoms with Crippen LogP contribution in [0.2, 0.25) is 0 Å². The summed E-state index contributed by atoms with van der Waals surface area (Å²) < 4.78 is 6.38. The van der Waals surface area contributed by atoms with Crippen molar-refractivity contribution < 1.29 is 4.74 Å². The van der Waals surface area contributed by atoms with Crippen molar-refractivity contribution in [2.45, 2.75) is 26.3 Å². The fourth-order valence-corrected chi connectivity index (χ4v) is 2.24. The Morgan fingerprint density at radius 3 is 2.50 bits per heavy atom. The van der Waals surface area contributed by atoms with E-state index in [-0.39, 0.29) is 0 Å². The molecule has 20 heavy (non-hydrogen) atoms. The second-order valence-electron chi connectivity index (χ2n) is 5.28. The van der Waals surface area contributed by atoms with Gasteiger partial charge in [-0.15, -0.1) is 0 Å². The Morgan fingerprint density at radius 1 is 1.20 bits per heavy atom. The lowest BCUT2D eigenvalue weighted by Gasteiger charge is -2.18. The summed E-state index contributed by atoms with van der Waals surface area (Å²) in [5.41, 5.74) is 8.13. The molecule has 0 unspecified atom stereocenters. The third-order valence-electron chi connectivity index (χ3n) is 2.87. The first-order valence-corrected chi connectivity index (χ1v) is 7.09. The Bertz CT molecular complexity index is 636. The monoisotopic (exact) mass is 335 g/mol. The van der Waals surface area contributed by atoms with Crippen molar-refractivity contribution in [2.75, 3.05) is 7.11 Å². The van der Waals surface area contributed by atoms with E-state index in [9.17, 15) is 0 Å². The summed E-state index contributed by atoms with van der Waals surface area (Å²) in [6.45, 7) is 5.72. The molecular formula is C15H18BrN3O. The van der Waals surface area contributed by atoms with Crippen LogP contribution in [0.1, 0.15) is 25.4 Å². The first-order valence-electron chi connectivity index (χ1n) is 6.30. The molecule has 0 radical (unpaired) electrons. The van der Waals surface area contributed by atoms with E-state index in [1.54, 1.807) is 7.11 Å². The molecule has 0 spiro atoms. The highest BCUT2D eigenvalue weighted by Crippen LogP contribution is 2.32. The first-order chi connectivity index (χ1) is 9.31. The van der Waals surface area contributed by atoms with Gasteiger partial charge in [0.25, 0.3) is 0 Å². The van der Waals surface area contributed by atoms with E-state index < -0.39 is 5.54 Å². The fourth-order valence-electron chi connectivity index (χ4n) is 1.88. The predicted octanol–water partition coefficient (Wildman–Crippen LogP) is 3.42. The molecule has 0 saturated heterocycles. The Morgan fingerprint density at radius 2 is 1.90 bits per heavy atom. The van der Waals surface area contributed by atoms with Gasteiger partial charge in [-0.1, -0.05) is 15.9 Å². The fraction of sp³-hybridized carbons (Fsp3) is 0.333. The Balaban J connectivity index is 2.64. The maximum absolute atomic E-state index is 6.11. The number of hydrogen-bond donors (Lipinski definition) is 1. The van der Waals surface area contributed by atoms with Crippen LogP contribution in [-0.4, -0.2) is 17.1 Å². The lowest BCUT2D eigenvalue weighted by molar-refractivity contribution is 0.416. The van der Waals surface area contributed by atoms with Gasteiger partial charge in [0, 0.05) is 15.7 Å². The van der Waals surface area contributed by atoms with Crippen molar-refractivity contribution in [3.8, 4) is 17.0 Å². The molecule has 0 saturated carbocycles. The van der Waals surface area contributed by atoms with Crippen molar-refractivity contribution in [3.63, 3.8) is 0 Å². The minimum absolute atomic E-state index is 0.583. The van der Waals surface area contributed by atoms with Crippen LogP contribution in [0.3, 0.4) is 0 Å². The number of rotatable bonds is 3. The van der Waals surface area contributed by atoms with E-state index >= 15 is 0 Å². The summed E-state index contributed by atoms with van der Waals surface area (Å²) in [5, 5.41) is 0. The van der Waals surface area contributed by atoms with Crippen molar-refractivity contribution in [3.05, 3.63) is 40.3 Å². The third kappa shape index (κ3) is 3.16. The van der Waals surface area contributed by atoms with Crippen LogP contribution in [0.4, 0.5) is 0 Å². The molecule has 4 nitrogen and oxygen atoms in total. The highest BCUT2D eigenvalue weighted by Gasteiger charge is 2.20. The van der Waals surface area contributed by atoms with Crippen LogP contribution in [0, 0.1) is 6.92 Å². The number of halogens is 1. The van der Waals surface area contributed by atoms with Gasteiger partial charge in [0.05, 0.1) is 18.3 Å². The SMILES string of the molecule is COc1ccc(Br)cc1-c1cc(C)nc(C(C)(C)N)n1. The van der Waals surface area contributed by atoms with Gasteiger partial charge in [-0.3, -0.25) is 0 Å². The van der Waals surface area contributed by atoms with Crippen molar-refractivity contribution in [1.82, 2.24) is 9.97 Å². The van der Waals surface area contributed by atoms with Gasteiger partial charge >= 0.3 is 0 Å². The first kappa shape index (κ1) is 14.9. The molecular weight excluding hydrogens is 318 g/mol. The van der Waals surface area contributed by atoms with E-state index in [0.717, 1.165) is 27.2 Å². The second kappa shape index (κ2) is 5.50. The van der Waals surface area contributed by atoms with E-state index in [2.05, 4.69) is 25.9 Å². The zero-order valence-electron chi connectivity index (χ0n) is 12.1. The Kier molecular flexibility index (Phi) is 4.11. The molecule has 0 bridgehead atoms. The van der Waals surface area contributed by atoms with E-state index in [1.165, 1.54) is 0 Å². The van der Waals surface area contributed by atoms with Crippen LogP contribution >= 0.6 is 15.9 Å².